The minimum Gasteiger partial charge on any atom is -0.497 e. The SMILES string of the molecule is COC(=O)c1cc(OC)c(OC)cc1N1C(=O)N2CCc3c([nH]c4ccc(OC)cc34)[C@@]2(C)C1=O. The minimum absolute atomic E-state index is 0.0110. The molecular formula is C25H25N3O7. The molecule has 0 bridgehead atoms. The summed E-state index contributed by atoms with van der Waals surface area (Å²) >= 11 is 0. The van der Waals surface area contributed by atoms with Crippen molar-refractivity contribution in [3.8, 4) is 17.2 Å². The number of imide groups is 1. The number of hydrogen-bond acceptors (Lipinski definition) is 7. The summed E-state index contributed by atoms with van der Waals surface area (Å²) < 4.78 is 21.0. The monoisotopic (exact) mass is 479 g/mol. The molecule has 182 valence electrons. The van der Waals surface area contributed by atoms with Crippen molar-refractivity contribution in [2.45, 2.75) is 18.9 Å². The largest absolute Gasteiger partial charge is 0.497 e. The summed E-state index contributed by atoms with van der Waals surface area (Å²) in [5.74, 6) is 0.0420. The lowest BCUT2D eigenvalue weighted by Crippen LogP contribution is -2.49. The number of amides is 3. The number of fused-ring (bicyclic) bond motifs is 5. The third-order valence-corrected chi connectivity index (χ3v) is 6.92. The van der Waals surface area contributed by atoms with E-state index in [1.54, 1.807) is 14.0 Å². The molecule has 5 rings (SSSR count). The predicted molar refractivity (Wildman–Crippen MR) is 126 cm³/mol. The molecule has 2 aliphatic heterocycles. The molecule has 0 saturated carbocycles. The number of aromatic nitrogens is 1. The first-order valence-corrected chi connectivity index (χ1v) is 11.0. The summed E-state index contributed by atoms with van der Waals surface area (Å²) in [4.78, 5) is 46.3. The average molecular weight is 479 g/mol. The van der Waals surface area contributed by atoms with Gasteiger partial charge in [0.15, 0.2) is 17.0 Å². The molecule has 0 unspecified atom stereocenters. The first kappa shape index (κ1) is 22.6. The van der Waals surface area contributed by atoms with Crippen molar-refractivity contribution >= 4 is 34.5 Å². The molecule has 1 aromatic heterocycles. The molecule has 2 aliphatic rings. The molecule has 3 aromatic rings. The van der Waals surface area contributed by atoms with Crippen LogP contribution in [0.1, 0.15) is 28.5 Å². The van der Waals surface area contributed by atoms with Crippen molar-refractivity contribution in [3.05, 3.63) is 47.2 Å². The van der Waals surface area contributed by atoms with Gasteiger partial charge in [0.2, 0.25) is 0 Å². The molecule has 0 aliphatic carbocycles. The van der Waals surface area contributed by atoms with Gasteiger partial charge >= 0.3 is 12.0 Å². The Bertz CT molecular complexity index is 1400. The van der Waals surface area contributed by atoms with E-state index in [1.807, 2.05) is 18.2 Å². The number of anilines is 1. The molecule has 1 atom stereocenters. The fourth-order valence-electron chi connectivity index (χ4n) is 5.08. The number of carbonyl (C=O) groups excluding carboxylic acids is 3. The summed E-state index contributed by atoms with van der Waals surface area (Å²) in [6.45, 7) is 2.05. The van der Waals surface area contributed by atoms with Crippen LogP contribution in [0.25, 0.3) is 10.9 Å². The van der Waals surface area contributed by atoms with Crippen molar-refractivity contribution in [1.29, 1.82) is 0 Å². The molecule has 10 heteroatoms. The second kappa shape index (κ2) is 7.93. The highest BCUT2D eigenvalue weighted by molar-refractivity contribution is 6.25. The Hall–Kier alpha value is -4.21. The topological polar surface area (TPSA) is 110 Å². The summed E-state index contributed by atoms with van der Waals surface area (Å²) in [6, 6.07) is 7.97. The lowest BCUT2D eigenvalue weighted by atomic mass is 9.87. The molecular weight excluding hydrogens is 454 g/mol. The number of benzene rings is 2. The van der Waals surface area contributed by atoms with Gasteiger partial charge in [-0.1, -0.05) is 0 Å². The molecule has 2 aromatic carbocycles. The maximum atomic E-state index is 14.0. The summed E-state index contributed by atoms with van der Waals surface area (Å²) in [5, 5.41) is 0.945. The van der Waals surface area contributed by atoms with Gasteiger partial charge in [0.25, 0.3) is 5.91 Å². The molecule has 1 N–H and O–H groups in total. The van der Waals surface area contributed by atoms with E-state index in [1.165, 1.54) is 38.4 Å². The van der Waals surface area contributed by atoms with Crippen LogP contribution >= 0.6 is 0 Å². The number of rotatable bonds is 5. The molecule has 3 heterocycles. The molecule has 1 fully saturated rings. The van der Waals surface area contributed by atoms with Crippen molar-refractivity contribution in [2.24, 2.45) is 0 Å². The number of H-pyrrole nitrogens is 1. The van der Waals surface area contributed by atoms with E-state index in [0.29, 0.717) is 24.4 Å². The van der Waals surface area contributed by atoms with Gasteiger partial charge in [0.1, 0.15) is 5.75 Å². The highest BCUT2D eigenvalue weighted by Gasteiger charge is 2.59. The van der Waals surface area contributed by atoms with Crippen molar-refractivity contribution in [3.63, 3.8) is 0 Å². The van der Waals surface area contributed by atoms with Gasteiger partial charge in [-0.15, -0.1) is 0 Å². The van der Waals surface area contributed by atoms with Gasteiger partial charge in [-0.05, 0) is 37.1 Å². The fraction of sp³-hybridized carbons (Fsp3) is 0.320. The lowest BCUT2D eigenvalue weighted by molar-refractivity contribution is -0.125. The van der Waals surface area contributed by atoms with Crippen LogP contribution in [-0.2, 0) is 21.5 Å². The Kier molecular flexibility index (Phi) is 5.12. The zero-order valence-corrected chi connectivity index (χ0v) is 20.1. The number of nitrogens with one attached hydrogen (secondary N) is 1. The maximum Gasteiger partial charge on any atom is 0.340 e. The highest BCUT2D eigenvalue weighted by atomic mass is 16.5. The quantitative estimate of drug-likeness (QED) is 0.442. The van der Waals surface area contributed by atoms with Crippen LogP contribution in [-0.4, -0.2) is 62.8 Å². The van der Waals surface area contributed by atoms with Gasteiger partial charge in [0.05, 0.1) is 45.4 Å². The maximum absolute atomic E-state index is 14.0. The third kappa shape index (κ3) is 2.99. The molecule has 35 heavy (non-hydrogen) atoms. The summed E-state index contributed by atoms with van der Waals surface area (Å²) in [7, 11) is 5.69. The standard InChI is InChI=1S/C25H25N3O7/c1-25-21-14(15-10-13(32-2)6-7-17(15)26-21)8-9-27(25)24(31)28(23(25)30)18-12-20(34-4)19(33-3)11-16(18)22(29)35-5/h6-7,10-12,26H,8-9H2,1-5H3/t25-/m0/s1. The van der Waals surface area contributed by atoms with Crippen LogP contribution < -0.4 is 19.1 Å². The number of urea groups is 1. The molecule has 0 radical (unpaired) electrons. The van der Waals surface area contributed by atoms with E-state index in [9.17, 15) is 14.4 Å². The number of methoxy groups -OCH3 is 4. The summed E-state index contributed by atoms with van der Waals surface area (Å²) in [6.07, 6.45) is 0.556. The van der Waals surface area contributed by atoms with E-state index in [4.69, 9.17) is 18.9 Å². The Morgan fingerprint density at radius 3 is 2.37 bits per heavy atom. The van der Waals surface area contributed by atoms with Crippen molar-refractivity contribution < 1.29 is 33.3 Å². The fourth-order valence-corrected chi connectivity index (χ4v) is 5.08. The van der Waals surface area contributed by atoms with Crippen molar-refractivity contribution in [2.75, 3.05) is 39.9 Å². The average Bonchev–Trinajstić information content (AvgIpc) is 3.35. The first-order chi connectivity index (χ1) is 16.8. The van der Waals surface area contributed by atoms with Crippen LogP contribution in [0, 0.1) is 0 Å². The number of carbonyl (C=O) groups is 3. The number of nitrogens with zero attached hydrogens (tertiary/aromatic N) is 2. The van der Waals surface area contributed by atoms with Gasteiger partial charge in [-0.25, -0.2) is 14.5 Å². The normalized spacial score (nSPS) is 19.0. The smallest absolute Gasteiger partial charge is 0.340 e. The Morgan fingerprint density at radius 2 is 1.71 bits per heavy atom. The second-order valence-corrected chi connectivity index (χ2v) is 8.50. The minimum atomic E-state index is -1.29. The zero-order valence-electron chi connectivity index (χ0n) is 20.1. The zero-order chi connectivity index (χ0) is 25.1. The van der Waals surface area contributed by atoms with Gasteiger partial charge < -0.3 is 28.8 Å². The van der Waals surface area contributed by atoms with E-state index in [2.05, 4.69) is 4.98 Å². The predicted octanol–water partition coefficient (Wildman–Crippen LogP) is 3.22. The number of ether oxygens (including phenoxy) is 4. The lowest BCUT2D eigenvalue weighted by Gasteiger charge is -2.35. The number of esters is 1. The van der Waals surface area contributed by atoms with Crippen LogP contribution in [0.15, 0.2) is 30.3 Å². The Balaban J connectivity index is 1.69. The van der Waals surface area contributed by atoms with Crippen LogP contribution in [0.2, 0.25) is 0 Å². The van der Waals surface area contributed by atoms with Crippen LogP contribution in [0.3, 0.4) is 0 Å². The van der Waals surface area contributed by atoms with E-state index in [-0.39, 0.29) is 22.7 Å². The van der Waals surface area contributed by atoms with E-state index >= 15 is 0 Å². The second-order valence-electron chi connectivity index (χ2n) is 8.50. The Morgan fingerprint density at radius 1 is 1.00 bits per heavy atom. The number of aromatic amines is 1. The van der Waals surface area contributed by atoms with E-state index < -0.39 is 23.4 Å². The van der Waals surface area contributed by atoms with Gasteiger partial charge in [-0.2, -0.15) is 0 Å². The summed E-state index contributed by atoms with van der Waals surface area (Å²) in [5.41, 5.74) is 1.24. The third-order valence-electron chi connectivity index (χ3n) is 6.92. The van der Waals surface area contributed by atoms with Gasteiger partial charge in [-0.3, -0.25) is 4.79 Å². The van der Waals surface area contributed by atoms with E-state index in [0.717, 1.165) is 21.4 Å². The Labute approximate surface area is 201 Å². The van der Waals surface area contributed by atoms with Crippen LogP contribution in [0.5, 0.6) is 17.2 Å². The highest BCUT2D eigenvalue weighted by Crippen LogP contribution is 2.47. The number of hydrogen-bond donors (Lipinski definition) is 1. The first-order valence-electron chi connectivity index (χ1n) is 11.0. The van der Waals surface area contributed by atoms with Gasteiger partial charge in [0, 0.05) is 29.6 Å². The molecule has 3 amide bonds. The van der Waals surface area contributed by atoms with Crippen LogP contribution in [0.4, 0.5) is 10.5 Å². The molecule has 0 spiro atoms. The molecule has 1 saturated heterocycles. The molecule has 10 nitrogen and oxygen atoms in total. The van der Waals surface area contributed by atoms with Crippen molar-refractivity contribution in [1.82, 2.24) is 9.88 Å².